The Morgan fingerprint density at radius 3 is 2.60 bits per heavy atom. The van der Waals surface area contributed by atoms with Gasteiger partial charge >= 0.3 is 0 Å². The van der Waals surface area contributed by atoms with Crippen molar-refractivity contribution in [1.29, 1.82) is 0 Å². The van der Waals surface area contributed by atoms with Gasteiger partial charge in [-0.2, -0.15) is 0 Å². The van der Waals surface area contributed by atoms with Gasteiger partial charge in [0, 0.05) is 13.2 Å². The van der Waals surface area contributed by atoms with Gasteiger partial charge in [-0.15, -0.1) is 0 Å². The summed E-state index contributed by atoms with van der Waals surface area (Å²) in [5.41, 5.74) is 4.35. The Morgan fingerprint density at radius 1 is 1.40 bits per heavy atom. The molecule has 2 rings (SSSR count). The van der Waals surface area contributed by atoms with Crippen LogP contribution in [0.4, 0.5) is 10.1 Å². The molecule has 0 saturated carbocycles. The van der Waals surface area contributed by atoms with Crippen LogP contribution in [-0.2, 0) is 14.8 Å². The highest BCUT2D eigenvalue weighted by Gasteiger charge is 2.38. The van der Waals surface area contributed by atoms with E-state index >= 15 is 0 Å². The molecule has 20 heavy (non-hydrogen) atoms. The Bertz CT molecular complexity index is 565. The number of ether oxygens (including phenoxy) is 1. The highest BCUT2D eigenvalue weighted by molar-refractivity contribution is 7.89. The second-order valence-corrected chi connectivity index (χ2v) is 6.43. The molecule has 6 nitrogen and oxygen atoms in total. The molecule has 1 aromatic rings. The van der Waals surface area contributed by atoms with Crippen LogP contribution in [0.5, 0.6) is 0 Å². The van der Waals surface area contributed by atoms with E-state index in [1.165, 1.54) is 12.1 Å². The molecule has 0 radical (unpaired) electrons. The van der Waals surface area contributed by atoms with E-state index < -0.39 is 26.3 Å². The maximum atomic E-state index is 13.7. The molecule has 4 N–H and O–H groups in total. The first kappa shape index (κ1) is 15.2. The van der Waals surface area contributed by atoms with Gasteiger partial charge in [-0.1, -0.05) is 6.07 Å². The minimum atomic E-state index is -4.16. The Kier molecular flexibility index (Phi) is 4.28. The molecule has 1 saturated heterocycles. The molecule has 1 heterocycles. The average Bonchev–Trinajstić information content (AvgIpc) is 2.38. The van der Waals surface area contributed by atoms with E-state index in [1.807, 2.05) is 0 Å². The molecule has 0 aliphatic carbocycles. The summed E-state index contributed by atoms with van der Waals surface area (Å²) in [6.45, 7) is 0.273. The number of aliphatic hydroxyl groups excluding tert-OH is 1. The second-order valence-electron chi connectivity index (χ2n) is 4.81. The van der Waals surface area contributed by atoms with E-state index in [-0.39, 0.29) is 12.3 Å². The van der Waals surface area contributed by atoms with Gasteiger partial charge in [0.15, 0.2) is 0 Å². The first-order valence-corrected chi connectivity index (χ1v) is 7.65. The van der Waals surface area contributed by atoms with Crippen LogP contribution in [0.3, 0.4) is 0 Å². The predicted molar refractivity (Wildman–Crippen MR) is 71.0 cm³/mol. The van der Waals surface area contributed by atoms with Gasteiger partial charge in [0.25, 0.3) is 0 Å². The molecule has 1 aliphatic rings. The van der Waals surface area contributed by atoms with Crippen molar-refractivity contribution >= 4 is 15.7 Å². The number of hydrogen-bond acceptors (Lipinski definition) is 5. The maximum Gasteiger partial charge on any atom is 0.246 e. The number of sulfonamides is 1. The minimum Gasteiger partial charge on any atom is -0.398 e. The summed E-state index contributed by atoms with van der Waals surface area (Å²) >= 11 is 0. The number of aliphatic hydroxyl groups is 1. The van der Waals surface area contributed by atoms with Crippen LogP contribution in [0.15, 0.2) is 23.1 Å². The topological polar surface area (TPSA) is 102 Å². The molecule has 0 unspecified atom stereocenters. The summed E-state index contributed by atoms with van der Waals surface area (Å²) in [6, 6.07) is 3.67. The van der Waals surface area contributed by atoms with Crippen molar-refractivity contribution in [3.63, 3.8) is 0 Å². The molecule has 1 aliphatic heterocycles. The van der Waals surface area contributed by atoms with E-state index in [9.17, 15) is 17.9 Å². The summed E-state index contributed by atoms with van der Waals surface area (Å²) in [7, 11) is -4.16. The smallest absolute Gasteiger partial charge is 0.246 e. The van der Waals surface area contributed by atoms with Gasteiger partial charge < -0.3 is 15.6 Å². The molecule has 8 heteroatoms. The number of hydrogen-bond donors (Lipinski definition) is 3. The Hall–Kier alpha value is -1.22. The fourth-order valence-electron chi connectivity index (χ4n) is 2.20. The molecular formula is C12H17FN2O4S. The molecule has 1 aromatic carbocycles. The Balaban J connectivity index is 2.35. The molecular weight excluding hydrogens is 287 g/mol. The lowest BCUT2D eigenvalue weighted by Gasteiger charge is -2.35. The third-order valence-corrected chi connectivity index (χ3v) is 5.04. The molecule has 112 valence electrons. The lowest BCUT2D eigenvalue weighted by atomic mass is 9.93. The number of benzene rings is 1. The highest BCUT2D eigenvalue weighted by atomic mass is 32.2. The quantitative estimate of drug-likeness (QED) is 0.691. The third-order valence-electron chi connectivity index (χ3n) is 3.37. The maximum absolute atomic E-state index is 13.7. The van der Waals surface area contributed by atoms with Crippen molar-refractivity contribution in [2.75, 3.05) is 25.6 Å². The zero-order chi connectivity index (χ0) is 14.8. The fourth-order valence-corrected chi connectivity index (χ4v) is 3.84. The van der Waals surface area contributed by atoms with Gasteiger partial charge in [0.2, 0.25) is 10.0 Å². The molecule has 0 aromatic heterocycles. The summed E-state index contributed by atoms with van der Waals surface area (Å²) in [5, 5.41) is 9.48. The van der Waals surface area contributed by atoms with Crippen LogP contribution < -0.4 is 10.5 Å². The zero-order valence-electron chi connectivity index (χ0n) is 10.8. The van der Waals surface area contributed by atoms with Crippen molar-refractivity contribution in [3.8, 4) is 0 Å². The van der Waals surface area contributed by atoms with Gasteiger partial charge in [-0.3, -0.25) is 0 Å². The van der Waals surface area contributed by atoms with Crippen LogP contribution >= 0.6 is 0 Å². The monoisotopic (exact) mass is 304 g/mol. The second kappa shape index (κ2) is 5.65. The lowest BCUT2D eigenvalue weighted by molar-refractivity contribution is 0.0222. The number of halogens is 1. The number of anilines is 1. The lowest BCUT2D eigenvalue weighted by Crippen LogP contribution is -2.54. The Labute approximate surface area is 116 Å². The summed E-state index contributed by atoms with van der Waals surface area (Å²) in [6.07, 6.45) is 0.633. The molecule has 0 amide bonds. The van der Waals surface area contributed by atoms with Gasteiger partial charge in [-0.25, -0.2) is 17.5 Å². The molecule has 0 spiro atoms. The van der Waals surface area contributed by atoms with Gasteiger partial charge in [-0.05, 0) is 25.0 Å². The van der Waals surface area contributed by atoms with E-state index in [4.69, 9.17) is 10.5 Å². The summed E-state index contributed by atoms with van der Waals surface area (Å²) in [4.78, 5) is -0.584. The van der Waals surface area contributed by atoms with E-state index in [1.54, 1.807) is 0 Å². The van der Waals surface area contributed by atoms with Crippen LogP contribution in [0.1, 0.15) is 12.8 Å². The number of nitrogens with two attached hydrogens (primary N) is 1. The molecule has 0 bridgehead atoms. The van der Waals surface area contributed by atoms with Gasteiger partial charge in [0.05, 0.1) is 17.8 Å². The van der Waals surface area contributed by atoms with Crippen molar-refractivity contribution in [1.82, 2.24) is 4.72 Å². The van der Waals surface area contributed by atoms with E-state index in [0.29, 0.717) is 26.1 Å². The number of nitrogen functional groups attached to an aromatic ring is 1. The van der Waals surface area contributed by atoms with Crippen molar-refractivity contribution in [2.24, 2.45) is 0 Å². The summed E-state index contributed by atoms with van der Waals surface area (Å²) < 4.78 is 45.9. The fraction of sp³-hybridized carbons (Fsp3) is 0.500. The number of rotatable bonds is 4. The SMILES string of the molecule is Nc1cccc(F)c1S(=O)(=O)NC1(CO)CCOCC1. The van der Waals surface area contributed by atoms with Crippen LogP contribution in [-0.4, -0.2) is 38.9 Å². The Morgan fingerprint density at radius 2 is 2.05 bits per heavy atom. The van der Waals surface area contributed by atoms with Crippen LogP contribution in [0.2, 0.25) is 0 Å². The third kappa shape index (κ3) is 2.93. The minimum absolute atomic E-state index is 0.169. The average molecular weight is 304 g/mol. The highest BCUT2D eigenvalue weighted by Crippen LogP contribution is 2.27. The standard InChI is InChI=1S/C12H17FN2O4S/c13-9-2-1-3-10(14)11(9)20(17,18)15-12(8-16)4-6-19-7-5-12/h1-3,15-16H,4-8,14H2. The zero-order valence-corrected chi connectivity index (χ0v) is 11.6. The van der Waals surface area contributed by atoms with Crippen molar-refractivity contribution in [3.05, 3.63) is 24.0 Å². The largest absolute Gasteiger partial charge is 0.398 e. The normalized spacial score (nSPS) is 18.9. The van der Waals surface area contributed by atoms with E-state index in [0.717, 1.165) is 6.07 Å². The van der Waals surface area contributed by atoms with Gasteiger partial charge in [0.1, 0.15) is 10.7 Å². The first-order chi connectivity index (χ1) is 9.40. The van der Waals surface area contributed by atoms with E-state index in [2.05, 4.69) is 4.72 Å². The molecule has 1 fully saturated rings. The molecule has 0 atom stereocenters. The van der Waals surface area contributed by atoms with Crippen LogP contribution in [0, 0.1) is 5.82 Å². The first-order valence-electron chi connectivity index (χ1n) is 6.17. The van der Waals surface area contributed by atoms with Crippen LogP contribution in [0.25, 0.3) is 0 Å². The van der Waals surface area contributed by atoms with Crippen molar-refractivity contribution in [2.45, 2.75) is 23.3 Å². The van der Waals surface area contributed by atoms with Crippen molar-refractivity contribution < 1.29 is 22.7 Å². The number of nitrogens with one attached hydrogen (secondary N) is 1. The predicted octanol–water partition coefficient (Wildman–Crippen LogP) is 0.228. The summed E-state index contributed by atoms with van der Waals surface area (Å²) in [5.74, 6) is -0.919.